The number of benzene rings is 2. The number of rotatable bonds is 3. The molecule has 114 valence electrons. The molecule has 6 heteroatoms. The molecule has 0 radical (unpaired) electrons. The van der Waals surface area contributed by atoms with Gasteiger partial charge in [0, 0.05) is 5.02 Å². The van der Waals surface area contributed by atoms with Gasteiger partial charge in [0.05, 0.1) is 17.0 Å². The fraction of sp³-hybridized carbons (Fsp3) is 0.188. The van der Waals surface area contributed by atoms with Crippen LogP contribution < -0.4 is 15.6 Å². The first-order chi connectivity index (χ1) is 10.5. The molecule has 2 aromatic rings. The molecule has 0 bridgehead atoms. The molecule has 2 aromatic carbocycles. The van der Waals surface area contributed by atoms with Crippen molar-refractivity contribution < 1.29 is 9.53 Å². The Balaban J connectivity index is 1.78. The van der Waals surface area contributed by atoms with Gasteiger partial charge < -0.3 is 4.74 Å². The van der Waals surface area contributed by atoms with Crippen molar-refractivity contribution in [2.45, 2.75) is 18.9 Å². The summed E-state index contributed by atoms with van der Waals surface area (Å²) in [6.07, 6.45) is 0.399. The smallest absolute Gasteiger partial charge is 0.236 e. The minimum absolute atomic E-state index is 0.0178. The fourth-order valence-electron chi connectivity index (χ4n) is 2.37. The third-order valence-corrected chi connectivity index (χ3v) is 4.14. The maximum atomic E-state index is 11.4. The number of hydrazine groups is 1. The topological polar surface area (TPSA) is 50.4 Å². The SMILES string of the molecule is CC1(c2ccc(Oc3ccc(Cl)cc3Cl)cc2)CC(=O)NN1. The summed E-state index contributed by atoms with van der Waals surface area (Å²) in [5.41, 5.74) is 6.22. The van der Waals surface area contributed by atoms with E-state index in [0.717, 1.165) is 5.56 Å². The maximum absolute atomic E-state index is 11.4. The average Bonchev–Trinajstić information content (AvgIpc) is 2.83. The van der Waals surface area contributed by atoms with Crippen LogP contribution >= 0.6 is 23.2 Å². The predicted octanol–water partition coefficient (Wildman–Crippen LogP) is 4.03. The zero-order chi connectivity index (χ0) is 15.7. The van der Waals surface area contributed by atoms with Crippen LogP contribution in [0.5, 0.6) is 11.5 Å². The Morgan fingerprint density at radius 2 is 1.86 bits per heavy atom. The Labute approximate surface area is 138 Å². The van der Waals surface area contributed by atoms with E-state index in [2.05, 4.69) is 10.9 Å². The van der Waals surface area contributed by atoms with Crippen LogP contribution in [0.25, 0.3) is 0 Å². The zero-order valence-electron chi connectivity index (χ0n) is 11.8. The normalized spacial score (nSPS) is 20.8. The molecule has 1 amide bonds. The molecule has 0 aromatic heterocycles. The van der Waals surface area contributed by atoms with Crippen LogP contribution in [0.4, 0.5) is 0 Å². The number of amides is 1. The van der Waals surface area contributed by atoms with E-state index < -0.39 is 5.54 Å². The second-order valence-electron chi connectivity index (χ2n) is 5.38. The number of hydrogen-bond acceptors (Lipinski definition) is 3. The second kappa shape index (κ2) is 5.80. The Bertz CT molecular complexity index is 719. The van der Waals surface area contributed by atoms with Gasteiger partial charge in [0.2, 0.25) is 5.91 Å². The van der Waals surface area contributed by atoms with Gasteiger partial charge in [0.1, 0.15) is 11.5 Å². The summed E-state index contributed by atoms with van der Waals surface area (Å²) in [5, 5.41) is 1.01. The van der Waals surface area contributed by atoms with E-state index in [1.165, 1.54) is 0 Å². The molecule has 22 heavy (non-hydrogen) atoms. The van der Waals surface area contributed by atoms with Gasteiger partial charge in [-0.2, -0.15) is 0 Å². The van der Waals surface area contributed by atoms with Crippen LogP contribution in [-0.2, 0) is 10.3 Å². The highest BCUT2D eigenvalue weighted by Crippen LogP contribution is 2.33. The average molecular weight is 337 g/mol. The van der Waals surface area contributed by atoms with Crippen molar-refractivity contribution in [3.63, 3.8) is 0 Å². The predicted molar refractivity (Wildman–Crippen MR) is 86.2 cm³/mol. The minimum atomic E-state index is -0.409. The monoisotopic (exact) mass is 336 g/mol. The van der Waals surface area contributed by atoms with E-state index in [4.69, 9.17) is 27.9 Å². The van der Waals surface area contributed by atoms with Crippen LogP contribution in [0.15, 0.2) is 42.5 Å². The Morgan fingerprint density at radius 1 is 1.14 bits per heavy atom. The highest BCUT2D eigenvalue weighted by atomic mass is 35.5. The van der Waals surface area contributed by atoms with Gasteiger partial charge in [0.15, 0.2) is 0 Å². The molecule has 0 saturated carbocycles. The molecule has 0 spiro atoms. The summed E-state index contributed by atoms with van der Waals surface area (Å²) in [7, 11) is 0. The second-order valence-corrected chi connectivity index (χ2v) is 6.23. The lowest BCUT2D eigenvalue weighted by atomic mass is 9.90. The number of ether oxygens (including phenoxy) is 1. The van der Waals surface area contributed by atoms with Gasteiger partial charge in [-0.1, -0.05) is 35.3 Å². The Morgan fingerprint density at radius 3 is 2.45 bits per heavy atom. The van der Waals surface area contributed by atoms with Gasteiger partial charge in [-0.05, 0) is 42.8 Å². The number of hydrogen-bond donors (Lipinski definition) is 2. The van der Waals surface area contributed by atoms with Crippen LogP contribution in [0.1, 0.15) is 18.9 Å². The maximum Gasteiger partial charge on any atom is 0.236 e. The van der Waals surface area contributed by atoms with Crippen LogP contribution in [0.2, 0.25) is 10.0 Å². The first-order valence-corrected chi connectivity index (χ1v) is 7.51. The van der Waals surface area contributed by atoms with Gasteiger partial charge in [-0.15, -0.1) is 0 Å². The molecule has 1 heterocycles. The van der Waals surface area contributed by atoms with Gasteiger partial charge in [0.25, 0.3) is 0 Å². The molecular formula is C16H14Cl2N2O2. The molecule has 1 fully saturated rings. The van der Waals surface area contributed by atoms with Crippen molar-refractivity contribution in [3.05, 3.63) is 58.1 Å². The molecule has 1 atom stereocenters. The third-order valence-electron chi connectivity index (χ3n) is 3.61. The van der Waals surface area contributed by atoms with Crippen LogP contribution in [0.3, 0.4) is 0 Å². The summed E-state index contributed by atoms with van der Waals surface area (Å²) in [5.74, 6) is 1.19. The lowest BCUT2D eigenvalue weighted by molar-refractivity contribution is -0.119. The molecule has 3 rings (SSSR count). The quantitative estimate of drug-likeness (QED) is 0.889. The van der Waals surface area contributed by atoms with Crippen molar-refractivity contribution >= 4 is 29.1 Å². The summed E-state index contributed by atoms with van der Waals surface area (Å²) >= 11 is 11.9. The van der Waals surface area contributed by atoms with Crippen molar-refractivity contribution in [2.75, 3.05) is 0 Å². The number of nitrogens with one attached hydrogen (secondary N) is 2. The third kappa shape index (κ3) is 3.04. The standard InChI is InChI=1S/C16H14Cl2N2O2/c1-16(9-15(21)19-20-16)10-2-5-12(6-3-10)22-14-7-4-11(17)8-13(14)18/h2-8,20H,9H2,1H3,(H,19,21). The number of carbonyl (C=O) groups excluding carboxylic acids is 1. The van der Waals surface area contributed by atoms with Crippen LogP contribution in [-0.4, -0.2) is 5.91 Å². The fourth-order valence-corrected chi connectivity index (χ4v) is 2.81. The molecule has 1 aliphatic heterocycles. The highest BCUT2D eigenvalue weighted by molar-refractivity contribution is 6.35. The molecular weight excluding hydrogens is 323 g/mol. The van der Waals surface area contributed by atoms with Crippen molar-refractivity contribution in [1.82, 2.24) is 10.9 Å². The van der Waals surface area contributed by atoms with Crippen molar-refractivity contribution in [1.29, 1.82) is 0 Å². The first-order valence-electron chi connectivity index (χ1n) is 6.76. The molecule has 1 aliphatic rings. The van der Waals surface area contributed by atoms with Crippen molar-refractivity contribution in [2.24, 2.45) is 0 Å². The highest BCUT2D eigenvalue weighted by Gasteiger charge is 2.35. The molecule has 2 N–H and O–H groups in total. The summed E-state index contributed by atoms with van der Waals surface area (Å²) in [6.45, 7) is 1.97. The molecule has 4 nitrogen and oxygen atoms in total. The van der Waals surface area contributed by atoms with Gasteiger partial charge in [-0.3, -0.25) is 10.2 Å². The lowest BCUT2D eigenvalue weighted by Crippen LogP contribution is -2.38. The molecule has 1 saturated heterocycles. The van der Waals surface area contributed by atoms with Crippen LogP contribution in [0, 0.1) is 0 Å². The zero-order valence-corrected chi connectivity index (χ0v) is 13.3. The van der Waals surface area contributed by atoms with E-state index in [0.29, 0.717) is 28.0 Å². The van der Waals surface area contributed by atoms with E-state index in [-0.39, 0.29) is 5.91 Å². The summed E-state index contributed by atoms with van der Waals surface area (Å²) in [6, 6.07) is 12.6. The Hall–Kier alpha value is -1.75. The molecule has 0 aliphatic carbocycles. The number of halogens is 2. The van der Waals surface area contributed by atoms with Crippen molar-refractivity contribution in [3.8, 4) is 11.5 Å². The summed E-state index contributed by atoms with van der Waals surface area (Å²) in [4.78, 5) is 11.4. The van der Waals surface area contributed by atoms with Gasteiger partial charge >= 0.3 is 0 Å². The van der Waals surface area contributed by atoms with E-state index in [1.54, 1.807) is 18.2 Å². The van der Waals surface area contributed by atoms with Gasteiger partial charge in [-0.25, -0.2) is 5.43 Å². The Kier molecular flexibility index (Phi) is 4.00. The van der Waals surface area contributed by atoms with E-state index in [1.807, 2.05) is 31.2 Å². The molecule has 1 unspecified atom stereocenters. The lowest BCUT2D eigenvalue weighted by Gasteiger charge is -2.22. The van der Waals surface area contributed by atoms with E-state index in [9.17, 15) is 4.79 Å². The first kappa shape index (κ1) is 15.2. The number of carbonyl (C=O) groups is 1. The minimum Gasteiger partial charge on any atom is -0.456 e. The largest absolute Gasteiger partial charge is 0.456 e. The summed E-state index contributed by atoms with van der Waals surface area (Å²) < 4.78 is 5.74. The van der Waals surface area contributed by atoms with E-state index >= 15 is 0 Å².